The van der Waals surface area contributed by atoms with E-state index < -0.39 is 23.6 Å². The average Bonchev–Trinajstić information content (AvgIpc) is 2.95. The zero-order valence-corrected chi connectivity index (χ0v) is 19.4. The van der Waals surface area contributed by atoms with Gasteiger partial charge >= 0.3 is 6.03 Å². The molecular formula is C25H30N2O6. The van der Waals surface area contributed by atoms with E-state index >= 15 is 0 Å². The molecule has 2 aliphatic rings. The Balaban J connectivity index is 1.46. The summed E-state index contributed by atoms with van der Waals surface area (Å²) >= 11 is 0. The van der Waals surface area contributed by atoms with Crippen molar-refractivity contribution >= 4 is 11.9 Å². The highest BCUT2D eigenvalue weighted by atomic mass is 16.5. The summed E-state index contributed by atoms with van der Waals surface area (Å²) < 4.78 is 17.2. The fraction of sp³-hybridized carbons (Fsp3) is 0.440. The molecule has 2 heterocycles. The van der Waals surface area contributed by atoms with E-state index in [1.54, 1.807) is 25.1 Å². The molecule has 0 spiro atoms. The molecule has 0 saturated carbocycles. The number of nitrogens with zero attached hydrogens (tertiary/aromatic N) is 1. The SMILES string of the molecule is Cc1ccc(C)c(OCC(O)CN2C(=O)NC(C)(c3ccc4c(c3)OCCCO4)C2=O)c1C. The molecule has 2 aromatic rings. The van der Waals surface area contributed by atoms with Crippen LogP contribution in [0.15, 0.2) is 30.3 Å². The highest BCUT2D eigenvalue weighted by Gasteiger charge is 2.49. The first-order chi connectivity index (χ1) is 15.7. The van der Waals surface area contributed by atoms with E-state index in [1.807, 2.05) is 32.9 Å². The Bertz CT molecular complexity index is 1080. The highest BCUT2D eigenvalue weighted by molar-refractivity contribution is 6.07. The maximum atomic E-state index is 13.3. The van der Waals surface area contributed by atoms with Crippen LogP contribution in [-0.2, 0) is 10.3 Å². The van der Waals surface area contributed by atoms with E-state index in [9.17, 15) is 14.7 Å². The van der Waals surface area contributed by atoms with Crippen molar-refractivity contribution in [3.05, 3.63) is 52.6 Å². The smallest absolute Gasteiger partial charge is 0.325 e. The number of hydrogen-bond acceptors (Lipinski definition) is 6. The van der Waals surface area contributed by atoms with Crippen molar-refractivity contribution in [2.75, 3.05) is 26.4 Å². The van der Waals surface area contributed by atoms with Crippen LogP contribution in [0.2, 0.25) is 0 Å². The number of urea groups is 1. The molecule has 2 aromatic carbocycles. The van der Waals surface area contributed by atoms with Gasteiger partial charge in [-0.05, 0) is 62.1 Å². The molecule has 2 N–H and O–H groups in total. The van der Waals surface area contributed by atoms with E-state index in [1.165, 1.54) is 0 Å². The Kier molecular flexibility index (Phi) is 6.21. The fourth-order valence-corrected chi connectivity index (χ4v) is 4.12. The molecule has 1 saturated heterocycles. The summed E-state index contributed by atoms with van der Waals surface area (Å²) in [5.74, 6) is 1.43. The Morgan fingerprint density at radius 1 is 1.09 bits per heavy atom. The van der Waals surface area contributed by atoms with Gasteiger partial charge in [0.1, 0.15) is 24.0 Å². The molecule has 0 bridgehead atoms. The third-order valence-corrected chi connectivity index (χ3v) is 6.29. The summed E-state index contributed by atoms with van der Waals surface area (Å²) in [6, 6.07) is 8.64. The van der Waals surface area contributed by atoms with Gasteiger partial charge in [0.25, 0.3) is 5.91 Å². The second-order valence-electron chi connectivity index (χ2n) is 8.80. The lowest BCUT2D eigenvalue weighted by Gasteiger charge is -2.24. The van der Waals surface area contributed by atoms with Gasteiger partial charge in [0.2, 0.25) is 0 Å². The van der Waals surface area contributed by atoms with Crippen LogP contribution in [0.25, 0.3) is 0 Å². The second-order valence-corrected chi connectivity index (χ2v) is 8.80. The van der Waals surface area contributed by atoms with Gasteiger partial charge in [-0.1, -0.05) is 18.2 Å². The van der Waals surface area contributed by atoms with Gasteiger partial charge in [0, 0.05) is 6.42 Å². The van der Waals surface area contributed by atoms with Gasteiger partial charge in [-0.15, -0.1) is 0 Å². The summed E-state index contributed by atoms with van der Waals surface area (Å²) in [6.45, 7) is 8.41. The molecule has 0 aliphatic carbocycles. The van der Waals surface area contributed by atoms with Crippen LogP contribution >= 0.6 is 0 Å². The summed E-state index contributed by atoms with van der Waals surface area (Å²) in [5, 5.41) is 13.3. The third-order valence-electron chi connectivity index (χ3n) is 6.29. The van der Waals surface area contributed by atoms with Crippen molar-refractivity contribution < 1.29 is 28.9 Å². The molecule has 2 atom stereocenters. The molecular weight excluding hydrogens is 424 g/mol. The van der Waals surface area contributed by atoms with Crippen LogP contribution in [0.5, 0.6) is 17.2 Å². The van der Waals surface area contributed by atoms with E-state index in [0.717, 1.165) is 28.0 Å². The molecule has 3 amide bonds. The first-order valence-corrected chi connectivity index (χ1v) is 11.1. The quantitative estimate of drug-likeness (QED) is 0.652. The number of carbonyl (C=O) groups is 2. The number of hydrogen-bond donors (Lipinski definition) is 2. The fourth-order valence-electron chi connectivity index (χ4n) is 4.12. The number of β-amino-alcohol motifs (C(OH)–C–C–N with tert-alkyl or cyclic N) is 1. The Labute approximate surface area is 193 Å². The molecule has 176 valence electrons. The average molecular weight is 455 g/mol. The zero-order chi connectivity index (χ0) is 23.8. The van der Waals surface area contributed by atoms with Crippen molar-refractivity contribution in [3.63, 3.8) is 0 Å². The van der Waals surface area contributed by atoms with E-state index in [2.05, 4.69) is 5.32 Å². The number of carbonyl (C=O) groups excluding carboxylic acids is 2. The number of aliphatic hydroxyl groups is 1. The summed E-state index contributed by atoms with van der Waals surface area (Å²) in [4.78, 5) is 27.0. The van der Waals surface area contributed by atoms with E-state index in [0.29, 0.717) is 36.0 Å². The number of imide groups is 1. The summed E-state index contributed by atoms with van der Waals surface area (Å²) in [5.41, 5.74) is 2.36. The summed E-state index contributed by atoms with van der Waals surface area (Å²) in [6.07, 6.45) is -0.267. The molecule has 8 heteroatoms. The van der Waals surface area contributed by atoms with Gasteiger partial charge in [0.15, 0.2) is 11.5 Å². The standard InChI is InChI=1S/C25H30N2O6/c1-15-6-7-16(2)22(17(15)3)33-14-19(28)13-27-23(29)25(4,26-24(27)30)18-8-9-20-21(12-18)32-11-5-10-31-20/h6-9,12,19,28H,5,10-11,13-14H2,1-4H3,(H,26,30). The molecule has 33 heavy (non-hydrogen) atoms. The first kappa shape index (κ1) is 22.9. The van der Waals surface area contributed by atoms with E-state index in [-0.39, 0.29) is 13.2 Å². The second kappa shape index (κ2) is 8.94. The maximum Gasteiger partial charge on any atom is 0.325 e. The van der Waals surface area contributed by atoms with Crippen molar-refractivity contribution in [3.8, 4) is 17.2 Å². The normalized spacial score (nSPS) is 20.9. The number of benzene rings is 2. The van der Waals surface area contributed by atoms with Gasteiger partial charge in [-0.3, -0.25) is 9.69 Å². The minimum Gasteiger partial charge on any atom is -0.490 e. The van der Waals surface area contributed by atoms with Gasteiger partial charge in [0.05, 0.1) is 19.8 Å². The van der Waals surface area contributed by atoms with Crippen molar-refractivity contribution in [2.24, 2.45) is 0 Å². The van der Waals surface area contributed by atoms with Crippen LogP contribution in [0.4, 0.5) is 4.79 Å². The molecule has 0 aromatic heterocycles. The first-order valence-electron chi connectivity index (χ1n) is 11.1. The third kappa shape index (κ3) is 4.35. The molecule has 2 aliphatic heterocycles. The number of ether oxygens (including phenoxy) is 3. The predicted octanol–water partition coefficient (Wildman–Crippen LogP) is 2.98. The minimum absolute atomic E-state index is 0.0388. The highest BCUT2D eigenvalue weighted by Crippen LogP contribution is 2.36. The Hall–Kier alpha value is -3.26. The number of aliphatic hydroxyl groups excluding tert-OH is 1. The lowest BCUT2D eigenvalue weighted by atomic mass is 9.91. The topological polar surface area (TPSA) is 97.3 Å². The predicted molar refractivity (Wildman–Crippen MR) is 122 cm³/mol. The summed E-state index contributed by atoms with van der Waals surface area (Å²) in [7, 11) is 0. The van der Waals surface area contributed by atoms with Crippen molar-refractivity contribution in [1.82, 2.24) is 10.2 Å². The van der Waals surface area contributed by atoms with Gasteiger partial charge < -0.3 is 24.6 Å². The number of rotatable bonds is 6. The molecule has 1 fully saturated rings. The van der Waals surface area contributed by atoms with Crippen LogP contribution < -0.4 is 19.5 Å². The largest absolute Gasteiger partial charge is 0.490 e. The van der Waals surface area contributed by atoms with Gasteiger partial charge in [-0.2, -0.15) is 0 Å². The Morgan fingerprint density at radius 2 is 1.79 bits per heavy atom. The molecule has 0 radical (unpaired) electrons. The molecule has 8 nitrogen and oxygen atoms in total. The molecule has 4 rings (SSSR count). The van der Waals surface area contributed by atoms with Gasteiger partial charge in [-0.25, -0.2) is 4.79 Å². The zero-order valence-electron chi connectivity index (χ0n) is 19.4. The maximum absolute atomic E-state index is 13.3. The number of amides is 3. The van der Waals surface area contributed by atoms with E-state index in [4.69, 9.17) is 14.2 Å². The van der Waals surface area contributed by atoms with Crippen LogP contribution in [0.1, 0.15) is 35.6 Å². The van der Waals surface area contributed by atoms with Crippen LogP contribution in [0, 0.1) is 20.8 Å². The minimum atomic E-state index is -1.27. The van der Waals surface area contributed by atoms with Crippen molar-refractivity contribution in [1.29, 1.82) is 0 Å². The monoisotopic (exact) mass is 454 g/mol. The number of fused-ring (bicyclic) bond motifs is 1. The lowest BCUT2D eigenvalue weighted by Crippen LogP contribution is -2.42. The van der Waals surface area contributed by atoms with Crippen LogP contribution in [0.3, 0.4) is 0 Å². The number of nitrogens with one attached hydrogen (secondary N) is 1. The lowest BCUT2D eigenvalue weighted by molar-refractivity contribution is -0.132. The Morgan fingerprint density at radius 3 is 2.55 bits per heavy atom. The number of aryl methyl sites for hydroxylation is 2. The van der Waals surface area contributed by atoms with Crippen LogP contribution in [-0.4, -0.2) is 54.4 Å². The molecule has 2 unspecified atom stereocenters. The van der Waals surface area contributed by atoms with Crippen molar-refractivity contribution in [2.45, 2.75) is 45.8 Å².